The van der Waals surface area contributed by atoms with Gasteiger partial charge in [-0.3, -0.25) is 4.40 Å². The number of hydrogen-bond acceptors (Lipinski definition) is 4. The van der Waals surface area contributed by atoms with Crippen LogP contribution in [0.3, 0.4) is 0 Å². The van der Waals surface area contributed by atoms with Gasteiger partial charge in [0.05, 0.1) is 5.25 Å². The Kier molecular flexibility index (Phi) is 3.85. The molecule has 0 atom stereocenters. The van der Waals surface area contributed by atoms with Crippen LogP contribution in [0.25, 0.3) is 5.65 Å². The Hall–Kier alpha value is -1.61. The molecule has 2 aromatic heterocycles. The zero-order valence-electron chi connectivity index (χ0n) is 11.7. The van der Waals surface area contributed by atoms with Crippen molar-refractivity contribution in [1.29, 1.82) is 0 Å². The van der Waals surface area contributed by atoms with Crippen LogP contribution in [0.4, 0.5) is 8.78 Å². The number of aromatic nitrogens is 3. The summed E-state index contributed by atoms with van der Waals surface area (Å²) in [7, 11) is -3.60. The molecule has 1 N–H and O–H groups in total. The standard InChI is InChI=1S/C13H16F2N4O2S/c14-13(15)5-3-11(4-6-13)22(20,21)17-7-10-1-2-12-18-16-9-19(12)8-10/h1-2,8-9,11,17H,3-7H2. The van der Waals surface area contributed by atoms with E-state index in [-0.39, 0.29) is 32.2 Å². The van der Waals surface area contributed by atoms with E-state index in [1.165, 1.54) is 6.33 Å². The lowest BCUT2D eigenvalue weighted by Gasteiger charge is -2.28. The minimum absolute atomic E-state index is 0.00713. The summed E-state index contributed by atoms with van der Waals surface area (Å²) >= 11 is 0. The smallest absolute Gasteiger partial charge is 0.248 e. The number of alkyl halides is 2. The third kappa shape index (κ3) is 3.25. The Morgan fingerprint density at radius 2 is 2.05 bits per heavy atom. The Morgan fingerprint density at radius 3 is 2.77 bits per heavy atom. The number of nitrogens with one attached hydrogen (secondary N) is 1. The van der Waals surface area contributed by atoms with E-state index in [0.717, 1.165) is 5.56 Å². The second-order valence-electron chi connectivity index (χ2n) is 5.56. The summed E-state index contributed by atoms with van der Waals surface area (Å²) in [5.41, 5.74) is 1.41. The molecule has 0 aliphatic heterocycles. The van der Waals surface area contributed by atoms with Crippen molar-refractivity contribution >= 4 is 15.7 Å². The summed E-state index contributed by atoms with van der Waals surface area (Å²) in [5.74, 6) is -2.73. The normalized spacial score (nSPS) is 19.5. The van der Waals surface area contributed by atoms with Crippen molar-refractivity contribution in [2.45, 2.75) is 43.4 Å². The zero-order chi connectivity index (χ0) is 15.8. The van der Waals surface area contributed by atoms with Gasteiger partial charge < -0.3 is 0 Å². The number of halogens is 2. The first-order valence-electron chi connectivity index (χ1n) is 7.00. The van der Waals surface area contributed by atoms with E-state index in [0.29, 0.717) is 5.65 Å². The highest BCUT2D eigenvalue weighted by Crippen LogP contribution is 2.35. The molecule has 2 heterocycles. The highest BCUT2D eigenvalue weighted by Gasteiger charge is 2.39. The lowest BCUT2D eigenvalue weighted by atomic mass is 9.96. The van der Waals surface area contributed by atoms with Crippen molar-refractivity contribution in [2.24, 2.45) is 0 Å². The number of nitrogens with zero attached hydrogens (tertiary/aromatic N) is 3. The summed E-state index contributed by atoms with van der Waals surface area (Å²) in [5, 5.41) is 6.86. The highest BCUT2D eigenvalue weighted by atomic mass is 32.2. The van der Waals surface area contributed by atoms with E-state index < -0.39 is 21.2 Å². The maximum atomic E-state index is 13.1. The molecular weight excluding hydrogens is 314 g/mol. The predicted molar refractivity (Wildman–Crippen MR) is 75.9 cm³/mol. The van der Waals surface area contributed by atoms with Crippen LogP contribution in [-0.4, -0.2) is 34.2 Å². The molecule has 0 bridgehead atoms. The first-order chi connectivity index (χ1) is 10.4. The van der Waals surface area contributed by atoms with Gasteiger partial charge in [0.1, 0.15) is 6.33 Å². The van der Waals surface area contributed by atoms with E-state index in [9.17, 15) is 17.2 Å². The second-order valence-corrected chi connectivity index (χ2v) is 7.60. The molecule has 22 heavy (non-hydrogen) atoms. The molecule has 0 aromatic carbocycles. The molecule has 1 aliphatic rings. The Morgan fingerprint density at radius 1 is 1.32 bits per heavy atom. The van der Waals surface area contributed by atoms with Crippen LogP contribution in [0, 0.1) is 0 Å². The van der Waals surface area contributed by atoms with Gasteiger partial charge in [0.15, 0.2) is 5.65 Å². The summed E-state index contributed by atoms with van der Waals surface area (Å²) in [6.45, 7) is 0.114. The molecule has 0 spiro atoms. The second kappa shape index (κ2) is 5.54. The third-order valence-electron chi connectivity index (χ3n) is 3.93. The molecule has 2 aromatic rings. The molecule has 1 aliphatic carbocycles. The minimum atomic E-state index is -3.60. The molecular formula is C13H16F2N4O2S. The SMILES string of the molecule is O=S(=O)(NCc1ccc2nncn2c1)C1CCC(F)(F)CC1. The van der Waals surface area contributed by atoms with Crippen LogP contribution in [0.5, 0.6) is 0 Å². The van der Waals surface area contributed by atoms with E-state index >= 15 is 0 Å². The molecule has 0 radical (unpaired) electrons. The van der Waals surface area contributed by atoms with Crippen molar-refractivity contribution in [3.8, 4) is 0 Å². The van der Waals surface area contributed by atoms with Gasteiger partial charge in [0.2, 0.25) is 15.9 Å². The van der Waals surface area contributed by atoms with E-state index in [1.807, 2.05) is 0 Å². The highest BCUT2D eigenvalue weighted by molar-refractivity contribution is 7.90. The molecule has 3 rings (SSSR count). The van der Waals surface area contributed by atoms with E-state index in [2.05, 4.69) is 14.9 Å². The van der Waals surface area contributed by atoms with Crippen LogP contribution >= 0.6 is 0 Å². The first-order valence-corrected chi connectivity index (χ1v) is 8.55. The van der Waals surface area contributed by atoms with Crippen molar-refractivity contribution in [2.75, 3.05) is 0 Å². The van der Waals surface area contributed by atoms with Gasteiger partial charge in [0, 0.05) is 25.6 Å². The van der Waals surface area contributed by atoms with Gasteiger partial charge in [-0.15, -0.1) is 10.2 Å². The molecule has 1 saturated carbocycles. The molecule has 0 amide bonds. The van der Waals surface area contributed by atoms with Crippen LogP contribution < -0.4 is 4.72 Å². The van der Waals surface area contributed by atoms with Crippen molar-refractivity contribution < 1.29 is 17.2 Å². The van der Waals surface area contributed by atoms with Gasteiger partial charge >= 0.3 is 0 Å². The fourth-order valence-electron chi connectivity index (χ4n) is 2.60. The van der Waals surface area contributed by atoms with Crippen LogP contribution in [-0.2, 0) is 16.6 Å². The number of hydrogen-bond donors (Lipinski definition) is 1. The summed E-state index contributed by atoms with van der Waals surface area (Å²) in [4.78, 5) is 0. The summed E-state index contributed by atoms with van der Waals surface area (Å²) < 4.78 is 54.8. The largest absolute Gasteiger partial charge is 0.289 e. The number of pyridine rings is 1. The zero-order valence-corrected chi connectivity index (χ0v) is 12.6. The maximum absolute atomic E-state index is 13.1. The van der Waals surface area contributed by atoms with E-state index in [1.54, 1.807) is 22.7 Å². The molecule has 1 fully saturated rings. The van der Waals surface area contributed by atoms with Crippen molar-refractivity contribution in [1.82, 2.24) is 19.3 Å². The first kappa shape index (κ1) is 15.3. The number of rotatable bonds is 4. The van der Waals surface area contributed by atoms with Gasteiger partial charge in [-0.1, -0.05) is 6.07 Å². The quantitative estimate of drug-likeness (QED) is 0.926. The van der Waals surface area contributed by atoms with Crippen molar-refractivity contribution in [3.63, 3.8) is 0 Å². The van der Waals surface area contributed by atoms with Gasteiger partial charge in [-0.2, -0.15) is 0 Å². The maximum Gasteiger partial charge on any atom is 0.248 e. The average molecular weight is 330 g/mol. The number of fused-ring (bicyclic) bond motifs is 1. The lowest BCUT2D eigenvalue weighted by Crippen LogP contribution is -2.39. The van der Waals surface area contributed by atoms with Crippen LogP contribution in [0.15, 0.2) is 24.7 Å². The fourth-order valence-corrected chi connectivity index (χ4v) is 4.06. The predicted octanol–water partition coefficient (Wildman–Crippen LogP) is 1.73. The molecule has 0 saturated heterocycles. The average Bonchev–Trinajstić information content (AvgIpc) is 2.92. The van der Waals surface area contributed by atoms with Crippen molar-refractivity contribution in [3.05, 3.63) is 30.2 Å². The van der Waals surface area contributed by atoms with Gasteiger partial charge in [-0.25, -0.2) is 21.9 Å². The summed E-state index contributed by atoms with van der Waals surface area (Å²) in [6, 6.07) is 3.49. The Balaban J connectivity index is 1.64. The molecule has 9 heteroatoms. The fraction of sp³-hybridized carbons (Fsp3) is 0.538. The van der Waals surface area contributed by atoms with E-state index in [4.69, 9.17) is 0 Å². The Bertz CT molecular complexity index is 765. The van der Waals surface area contributed by atoms with Crippen LogP contribution in [0.1, 0.15) is 31.2 Å². The monoisotopic (exact) mass is 330 g/mol. The molecule has 120 valence electrons. The third-order valence-corrected chi connectivity index (χ3v) is 5.83. The minimum Gasteiger partial charge on any atom is -0.289 e. The van der Waals surface area contributed by atoms with Crippen LogP contribution in [0.2, 0.25) is 0 Å². The topological polar surface area (TPSA) is 76.4 Å². The van der Waals surface area contributed by atoms with Gasteiger partial charge in [-0.05, 0) is 24.5 Å². The number of sulfonamides is 1. The molecule has 6 nitrogen and oxygen atoms in total. The summed E-state index contributed by atoms with van der Waals surface area (Å²) in [6.07, 6.45) is 2.50. The lowest BCUT2D eigenvalue weighted by molar-refractivity contribution is -0.0329. The Labute approximate surface area is 126 Å². The molecule has 0 unspecified atom stereocenters. The van der Waals surface area contributed by atoms with Gasteiger partial charge in [0.25, 0.3) is 0 Å².